The number of aryl methyl sites for hydroxylation is 1. The molecule has 1 aromatic rings. The molecule has 0 atom stereocenters. The van der Waals surface area contributed by atoms with E-state index in [0.717, 1.165) is 6.20 Å². The topological polar surface area (TPSA) is 44.9 Å². The van der Waals surface area contributed by atoms with Gasteiger partial charge in [-0.2, -0.15) is 18.4 Å². The summed E-state index contributed by atoms with van der Waals surface area (Å²) in [5, 5.41) is 8.78. The number of rotatable bonds is 1. The molecule has 4 nitrogen and oxygen atoms in total. The van der Waals surface area contributed by atoms with Crippen molar-refractivity contribution in [3.63, 3.8) is 0 Å². The van der Waals surface area contributed by atoms with E-state index in [1.165, 1.54) is 4.57 Å². The van der Waals surface area contributed by atoms with E-state index in [2.05, 4.69) is 11.1 Å². The van der Waals surface area contributed by atoms with Gasteiger partial charge in [0.05, 0.1) is 6.07 Å². The third-order valence-corrected chi connectivity index (χ3v) is 3.10. The van der Waals surface area contributed by atoms with E-state index < -0.39 is 11.9 Å². The molecule has 18 heavy (non-hydrogen) atoms. The maximum absolute atomic E-state index is 12.5. The minimum Gasteiger partial charge on any atom is -0.342 e. The van der Waals surface area contributed by atoms with Crippen molar-refractivity contribution in [1.82, 2.24) is 9.55 Å². The van der Waals surface area contributed by atoms with Crippen LogP contribution in [0, 0.1) is 17.2 Å². The van der Waals surface area contributed by atoms with Gasteiger partial charge in [-0.05, 0) is 12.8 Å². The number of nitrogens with zero attached hydrogens (tertiary/aromatic N) is 4. The van der Waals surface area contributed by atoms with Crippen molar-refractivity contribution >= 4 is 5.95 Å². The van der Waals surface area contributed by atoms with Crippen LogP contribution in [-0.2, 0) is 13.2 Å². The van der Waals surface area contributed by atoms with Gasteiger partial charge in [-0.15, -0.1) is 0 Å². The molecule has 0 aliphatic carbocycles. The largest absolute Gasteiger partial charge is 0.434 e. The molecular weight excluding hydrogens is 245 g/mol. The van der Waals surface area contributed by atoms with E-state index in [9.17, 15) is 13.2 Å². The predicted octanol–water partition coefficient (Wildman–Crippen LogP) is 2.18. The second kappa shape index (κ2) is 4.52. The number of anilines is 1. The van der Waals surface area contributed by atoms with Crippen LogP contribution >= 0.6 is 0 Å². The Morgan fingerprint density at radius 2 is 2.00 bits per heavy atom. The molecule has 1 aliphatic heterocycles. The van der Waals surface area contributed by atoms with Crippen LogP contribution in [0.4, 0.5) is 19.1 Å². The maximum atomic E-state index is 12.5. The first-order chi connectivity index (χ1) is 8.41. The number of piperidine rings is 1. The number of alkyl halides is 3. The Morgan fingerprint density at radius 1 is 1.39 bits per heavy atom. The average Bonchev–Trinajstić information content (AvgIpc) is 2.71. The second-order valence-corrected chi connectivity index (χ2v) is 4.43. The number of nitriles is 1. The van der Waals surface area contributed by atoms with Crippen molar-refractivity contribution in [1.29, 1.82) is 5.26 Å². The molecule has 1 aromatic heterocycles. The van der Waals surface area contributed by atoms with Gasteiger partial charge in [-0.3, -0.25) is 0 Å². The lowest BCUT2D eigenvalue weighted by Gasteiger charge is -2.29. The van der Waals surface area contributed by atoms with Gasteiger partial charge in [0.25, 0.3) is 0 Å². The minimum absolute atomic E-state index is 0.00334. The quantitative estimate of drug-likeness (QED) is 0.775. The maximum Gasteiger partial charge on any atom is 0.434 e. The summed E-state index contributed by atoms with van der Waals surface area (Å²) >= 11 is 0. The van der Waals surface area contributed by atoms with Crippen molar-refractivity contribution in [2.24, 2.45) is 13.0 Å². The molecule has 1 saturated heterocycles. The molecule has 7 heteroatoms. The van der Waals surface area contributed by atoms with Gasteiger partial charge in [0.2, 0.25) is 5.95 Å². The first-order valence-electron chi connectivity index (χ1n) is 5.67. The summed E-state index contributed by atoms with van der Waals surface area (Å²) in [7, 11) is 1.55. The fraction of sp³-hybridized carbons (Fsp3) is 0.636. The summed E-state index contributed by atoms with van der Waals surface area (Å²) in [5.74, 6) is 0.322. The standard InChI is InChI=1S/C11H13F3N4/c1-17-7-9(11(12,13)14)16-10(17)18-4-2-8(6-15)3-5-18/h7-8H,2-5H2,1H3. The molecule has 1 fully saturated rings. The van der Waals surface area contributed by atoms with Crippen LogP contribution in [0.5, 0.6) is 0 Å². The Kier molecular flexibility index (Phi) is 3.20. The number of halogens is 3. The fourth-order valence-corrected chi connectivity index (χ4v) is 2.10. The monoisotopic (exact) mass is 258 g/mol. The van der Waals surface area contributed by atoms with Crippen LogP contribution in [0.2, 0.25) is 0 Å². The van der Waals surface area contributed by atoms with E-state index in [1.807, 2.05) is 0 Å². The number of aromatic nitrogens is 2. The molecule has 2 heterocycles. The van der Waals surface area contributed by atoms with Gasteiger partial charge in [-0.25, -0.2) is 4.98 Å². The molecule has 0 unspecified atom stereocenters. The zero-order valence-corrected chi connectivity index (χ0v) is 9.91. The first kappa shape index (κ1) is 12.7. The van der Waals surface area contributed by atoms with Crippen LogP contribution < -0.4 is 4.90 Å². The van der Waals surface area contributed by atoms with E-state index in [4.69, 9.17) is 5.26 Å². The SMILES string of the molecule is Cn1cc(C(F)(F)F)nc1N1CCC(C#N)CC1. The van der Waals surface area contributed by atoms with Crippen LogP contribution in [0.3, 0.4) is 0 Å². The third kappa shape index (κ3) is 2.42. The predicted molar refractivity (Wildman–Crippen MR) is 58.8 cm³/mol. The van der Waals surface area contributed by atoms with Crippen molar-refractivity contribution in [2.75, 3.05) is 18.0 Å². The fourth-order valence-electron chi connectivity index (χ4n) is 2.10. The summed E-state index contributed by atoms with van der Waals surface area (Å²) in [6, 6.07) is 2.19. The molecule has 0 aromatic carbocycles. The van der Waals surface area contributed by atoms with Crippen molar-refractivity contribution in [2.45, 2.75) is 19.0 Å². The zero-order chi connectivity index (χ0) is 13.3. The van der Waals surface area contributed by atoms with Gasteiger partial charge >= 0.3 is 6.18 Å². The lowest BCUT2D eigenvalue weighted by atomic mass is 9.99. The van der Waals surface area contributed by atoms with Gasteiger partial charge in [-0.1, -0.05) is 0 Å². The Hall–Kier alpha value is -1.71. The third-order valence-electron chi connectivity index (χ3n) is 3.10. The summed E-state index contributed by atoms with van der Waals surface area (Å²) < 4.78 is 39.0. The molecule has 0 radical (unpaired) electrons. The number of imidazole rings is 1. The van der Waals surface area contributed by atoms with Crippen molar-refractivity contribution in [3.8, 4) is 6.07 Å². The lowest BCUT2D eigenvalue weighted by molar-refractivity contribution is -0.140. The van der Waals surface area contributed by atoms with Crippen molar-refractivity contribution < 1.29 is 13.2 Å². The number of hydrogen-bond donors (Lipinski definition) is 0. The molecule has 2 rings (SSSR count). The Balaban J connectivity index is 2.15. The Morgan fingerprint density at radius 3 is 2.44 bits per heavy atom. The van der Waals surface area contributed by atoms with E-state index in [0.29, 0.717) is 31.9 Å². The average molecular weight is 258 g/mol. The van der Waals surface area contributed by atoms with Gasteiger partial charge in [0.15, 0.2) is 5.69 Å². The second-order valence-electron chi connectivity index (χ2n) is 4.43. The van der Waals surface area contributed by atoms with E-state index in [-0.39, 0.29) is 5.92 Å². The van der Waals surface area contributed by atoms with Gasteiger partial charge < -0.3 is 9.47 Å². The summed E-state index contributed by atoms with van der Waals surface area (Å²) in [4.78, 5) is 5.43. The molecule has 0 saturated carbocycles. The Labute approximate surface area is 103 Å². The highest BCUT2D eigenvalue weighted by molar-refractivity contribution is 5.34. The molecule has 98 valence electrons. The van der Waals surface area contributed by atoms with Gasteiger partial charge in [0, 0.05) is 32.3 Å². The summed E-state index contributed by atoms with van der Waals surface area (Å²) in [5.41, 5.74) is -0.873. The highest BCUT2D eigenvalue weighted by atomic mass is 19.4. The molecular formula is C11H13F3N4. The molecule has 0 N–H and O–H groups in total. The normalized spacial score (nSPS) is 17.8. The zero-order valence-electron chi connectivity index (χ0n) is 9.91. The van der Waals surface area contributed by atoms with Crippen LogP contribution in [0.25, 0.3) is 0 Å². The molecule has 0 spiro atoms. The van der Waals surface area contributed by atoms with Crippen LogP contribution in [0.15, 0.2) is 6.20 Å². The lowest BCUT2D eigenvalue weighted by Crippen LogP contribution is -2.34. The van der Waals surface area contributed by atoms with E-state index >= 15 is 0 Å². The number of hydrogen-bond acceptors (Lipinski definition) is 3. The van der Waals surface area contributed by atoms with E-state index in [1.54, 1.807) is 11.9 Å². The highest BCUT2D eigenvalue weighted by Gasteiger charge is 2.35. The minimum atomic E-state index is -4.42. The molecule has 0 bridgehead atoms. The summed E-state index contributed by atoms with van der Waals surface area (Å²) in [6.45, 7) is 1.14. The van der Waals surface area contributed by atoms with Crippen LogP contribution in [-0.4, -0.2) is 22.6 Å². The molecule has 1 aliphatic rings. The highest BCUT2D eigenvalue weighted by Crippen LogP contribution is 2.31. The first-order valence-corrected chi connectivity index (χ1v) is 5.67. The van der Waals surface area contributed by atoms with Crippen LogP contribution in [0.1, 0.15) is 18.5 Å². The Bertz CT molecular complexity index is 464. The van der Waals surface area contributed by atoms with Crippen molar-refractivity contribution in [3.05, 3.63) is 11.9 Å². The smallest absolute Gasteiger partial charge is 0.342 e. The van der Waals surface area contributed by atoms with Gasteiger partial charge in [0.1, 0.15) is 0 Å². The summed E-state index contributed by atoms with van der Waals surface area (Å²) in [6.07, 6.45) is -2.08. The molecule has 0 amide bonds.